The smallest absolute Gasteiger partial charge is 0.252 e. The van der Waals surface area contributed by atoms with Gasteiger partial charge in [-0.05, 0) is 37.8 Å². The number of hydrogen-bond donors (Lipinski definition) is 0. The van der Waals surface area contributed by atoms with E-state index in [0.717, 1.165) is 32.0 Å². The average molecular weight is 356 g/mol. The molecule has 4 rings (SSSR count). The lowest BCUT2D eigenvalue weighted by Gasteiger charge is -2.43. The van der Waals surface area contributed by atoms with Crippen LogP contribution in [0.25, 0.3) is 0 Å². The van der Waals surface area contributed by atoms with E-state index in [4.69, 9.17) is 9.26 Å². The molecule has 2 aliphatic heterocycles. The third kappa shape index (κ3) is 3.54. The molecule has 1 spiro atoms. The standard InChI is InChI=1S/C20H28N4O2/c1-23-13-17(16-6-4-3-5-7-16)12-20(23)8-10-24(11-9-20)14-18-21-19(15-25-2)26-22-18/h3-7,17H,8-15H2,1-2H3/t17-/m0/s1. The fourth-order valence-corrected chi connectivity index (χ4v) is 4.60. The molecule has 0 radical (unpaired) electrons. The van der Waals surface area contributed by atoms with Gasteiger partial charge in [0, 0.05) is 32.3 Å². The van der Waals surface area contributed by atoms with Crippen LogP contribution in [0.4, 0.5) is 0 Å². The van der Waals surface area contributed by atoms with E-state index < -0.39 is 0 Å². The summed E-state index contributed by atoms with van der Waals surface area (Å²) < 4.78 is 10.2. The van der Waals surface area contributed by atoms with Crippen LogP contribution in [-0.2, 0) is 17.9 Å². The summed E-state index contributed by atoms with van der Waals surface area (Å²) in [5, 5.41) is 4.07. The van der Waals surface area contributed by atoms with Gasteiger partial charge in [-0.3, -0.25) is 9.80 Å². The van der Waals surface area contributed by atoms with Crippen molar-refractivity contribution in [1.82, 2.24) is 19.9 Å². The molecule has 0 amide bonds. The van der Waals surface area contributed by atoms with E-state index in [1.807, 2.05) is 0 Å². The first-order chi connectivity index (χ1) is 12.7. The van der Waals surface area contributed by atoms with Crippen molar-refractivity contribution >= 4 is 0 Å². The maximum Gasteiger partial charge on any atom is 0.252 e. The van der Waals surface area contributed by atoms with Gasteiger partial charge in [-0.2, -0.15) is 4.98 Å². The lowest BCUT2D eigenvalue weighted by Crippen LogP contribution is -2.50. The number of ether oxygens (including phenoxy) is 1. The first-order valence-corrected chi connectivity index (χ1v) is 9.47. The number of benzene rings is 1. The van der Waals surface area contributed by atoms with Crippen molar-refractivity contribution in [1.29, 1.82) is 0 Å². The maximum atomic E-state index is 5.20. The third-order valence-electron chi connectivity index (χ3n) is 6.13. The number of rotatable bonds is 5. The Morgan fingerprint density at radius 3 is 2.73 bits per heavy atom. The largest absolute Gasteiger partial charge is 0.375 e. The Balaban J connectivity index is 1.35. The molecule has 26 heavy (non-hydrogen) atoms. The number of likely N-dealkylation sites (N-methyl/N-ethyl adjacent to an activating group) is 1. The molecule has 0 saturated carbocycles. The summed E-state index contributed by atoms with van der Waals surface area (Å²) in [6.45, 7) is 4.46. The average Bonchev–Trinajstić information content (AvgIpc) is 3.23. The molecule has 2 aromatic rings. The molecule has 2 saturated heterocycles. The quantitative estimate of drug-likeness (QED) is 0.821. The fraction of sp³-hybridized carbons (Fsp3) is 0.600. The molecular formula is C20H28N4O2. The Bertz CT molecular complexity index is 710. The van der Waals surface area contributed by atoms with Crippen LogP contribution < -0.4 is 0 Å². The van der Waals surface area contributed by atoms with Gasteiger partial charge in [0.05, 0.1) is 6.54 Å². The van der Waals surface area contributed by atoms with Crippen LogP contribution in [0, 0.1) is 0 Å². The normalized spacial score (nSPS) is 23.7. The van der Waals surface area contributed by atoms with Crippen LogP contribution in [0.5, 0.6) is 0 Å². The van der Waals surface area contributed by atoms with Gasteiger partial charge in [-0.15, -0.1) is 0 Å². The Labute approximate surface area is 155 Å². The topological polar surface area (TPSA) is 54.6 Å². The molecular weight excluding hydrogens is 328 g/mol. The van der Waals surface area contributed by atoms with Crippen molar-refractivity contribution in [3.8, 4) is 0 Å². The van der Waals surface area contributed by atoms with Gasteiger partial charge in [-0.1, -0.05) is 35.5 Å². The Kier molecular flexibility index (Phi) is 5.07. The number of hydrogen-bond acceptors (Lipinski definition) is 6. The SMILES string of the molecule is COCc1nc(CN2CCC3(CC2)C[C@H](c2ccccc2)CN3C)no1. The lowest BCUT2D eigenvalue weighted by atomic mass is 9.81. The zero-order valence-corrected chi connectivity index (χ0v) is 15.7. The molecule has 0 aliphatic carbocycles. The van der Waals surface area contributed by atoms with E-state index in [1.165, 1.54) is 24.8 Å². The number of methoxy groups -OCH3 is 1. The van der Waals surface area contributed by atoms with Crippen LogP contribution in [0.1, 0.15) is 42.5 Å². The molecule has 1 atom stereocenters. The monoisotopic (exact) mass is 356 g/mol. The number of likely N-dealkylation sites (tertiary alicyclic amines) is 2. The molecule has 1 aromatic heterocycles. The predicted molar refractivity (Wildman–Crippen MR) is 98.7 cm³/mol. The summed E-state index contributed by atoms with van der Waals surface area (Å²) in [7, 11) is 3.93. The van der Waals surface area contributed by atoms with Crippen LogP contribution >= 0.6 is 0 Å². The molecule has 3 heterocycles. The number of piperidine rings is 1. The highest BCUT2D eigenvalue weighted by molar-refractivity contribution is 5.23. The van der Waals surface area contributed by atoms with E-state index in [-0.39, 0.29) is 0 Å². The minimum Gasteiger partial charge on any atom is -0.375 e. The first-order valence-electron chi connectivity index (χ1n) is 9.47. The van der Waals surface area contributed by atoms with Crippen LogP contribution in [0.2, 0.25) is 0 Å². The lowest BCUT2D eigenvalue weighted by molar-refractivity contribution is 0.0657. The second kappa shape index (κ2) is 7.47. The van der Waals surface area contributed by atoms with Gasteiger partial charge in [0.2, 0.25) is 0 Å². The van der Waals surface area contributed by atoms with Gasteiger partial charge < -0.3 is 9.26 Å². The van der Waals surface area contributed by atoms with Gasteiger partial charge in [-0.25, -0.2) is 0 Å². The highest BCUT2D eigenvalue weighted by Crippen LogP contribution is 2.44. The van der Waals surface area contributed by atoms with Crippen LogP contribution in [0.3, 0.4) is 0 Å². The van der Waals surface area contributed by atoms with Crippen molar-refractivity contribution < 1.29 is 9.26 Å². The molecule has 6 nitrogen and oxygen atoms in total. The van der Waals surface area contributed by atoms with E-state index in [2.05, 4.69) is 57.3 Å². The van der Waals surface area contributed by atoms with Gasteiger partial charge in [0.15, 0.2) is 5.82 Å². The minimum atomic E-state index is 0.343. The second-order valence-corrected chi connectivity index (χ2v) is 7.73. The summed E-state index contributed by atoms with van der Waals surface area (Å²) >= 11 is 0. The van der Waals surface area contributed by atoms with Crippen molar-refractivity contribution in [2.45, 2.75) is 43.9 Å². The van der Waals surface area contributed by atoms with Crippen LogP contribution in [0.15, 0.2) is 34.9 Å². The van der Waals surface area contributed by atoms with Crippen molar-refractivity contribution in [2.75, 3.05) is 33.8 Å². The fourth-order valence-electron chi connectivity index (χ4n) is 4.60. The molecule has 6 heteroatoms. The highest BCUT2D eigenvalue weighted by atomic mass is 16.5. The van der Waals surface area contributed by atoms with E-state index >= 15 is 0 Å². The number of nitrogens with zero attached hydrogens (tertiary/aromatic N) is 4. The molecule has 2 aliphatic rings. The van der Waals surface area contributed by atoms with Crippen molar-refractivity contribution in [2.24, 2.45) is 0 Å². The Morgan fingerprint density at radius 1 is 1.23 bits per heavy atom. The highest BCUT2D eigenvalue weighted by Gasteiger charge is 2.45. The summed E-state index contributed by atoms with van der Waals surface area (Å²) in [4.78, 5) is 9.44. The van der Waals surface area contributed by atoms with Gasteiger partial charge in [0.25, 0.3) is 5.89 Å². The molecule has 0 N–H and O–H groups in total. The number of aromatic nitrogens is 2. The molecule has 1 aromatic carbocycles. The summed E-state index contributed by atoms with van der Waals surface area (Å²) in [6.07, 6.45) is 3.67. The minimum absolute atomic E-state index is 0.343. The summed E-state index contributed by atoms with van der Waals surface area (Å²) in [5.74, 6) is 1.97. The van der Waals surface area contributed by atoms with E-state index in [0.29, 0.717) is 24.0 Å². The molecule has 2 fully saturated rings. The molecule has 140 valence electrons. The summed E-state index contributed by atoms with van der Waals surface area (Å²) in [5.41, 5.74) is 1.83. The first kappa shape index (κ1) is 17.6. The second-order valence-electron chi connectivity index (χ2n) is 7.73. The molecule has 0 unspecified atom stereocenters. The zero-order chi connectivity index (χ0) is 18.0. The van der Waals surface area contributed by atoms with Crippen molar-refractivity contribution in [3.05, 3.63) is 47.6 Å². The Hall–Kier alpha value is -1.76. The zero-order valence-electron chi connectivity index (χ0n) is 15.7. The van der Waals surface area contributed by atoms with Crippen LogP contribution in [-0.4, -0.2) is 59.3 Å². The maximum absolute atomic E-state index is 5.20. The predicted octanol–water partition coefficient (Wildman–Crippen LogP) is 2.67. The summed E-state index contributed by atoms with van der Waals surface area (Å²) in [6, 6.07) is 11.0. The molecule has 0 bridgehead atoms. The van der Waals surface area contributed by atoms with Gasteiger partial charge >= 0.3 is 0 Å². The van der Waals surface area contributed by atoms with E-state index in [1.54, 1.807) is 7.11 Å². The van der Waals surface area contributed by atoms with Crippen molar-refractivity contribution in [3.63, 3.8) is 0 Å². The third-order valence-corrected chi connectivity index (χ3v) is 6.13. The van der Waals surface area contributed by atoms with E-state index in [9.17, 15) is 0 Å². The van der Waals surface area contributed by atoms with Gasteiger partial charge in [0.1, 0.15) is 6.61 Å². The Morgan fingerprint density at radius 2 is 2.00 bits per heavy atom.